The van der Waals surface area contributed by atoms with Crippen molar-refractivity contribution in [2.75, 3.05) is 0 Å². The van der Waals surface area contributed by atoms with Gasteiger partial charge < -0.3 is 9.84 Å². The molecule has 0 aliphatic rings. The van der Waals surface area contributed by atoms with Crippen LogP contribution in [0.25, 0.3) is 0 Å². The standard InChI is InChI=1S/C14H18O4/c1-14(2,3)18-13(17)11-6-4-5-10(9-11)7-8-12(15)16/h4-6,9H,7-8H2,1-3H3,(H,15,16). The number of rotatable bonds is 4. The number of hydrogen-bond acceptors (Lipinski definition) is 3. The molecule has 0 fully saturated rings. The molecule has 0 unspecified atom stereocenters. The van der Waals surface area contributed by atoms with Gasteiger partial charge in [-0.15, -0.1) is 0 Å². The Hall–Kier alpha value is -1.84. The predicted molar refractivity (Wildman–Crippen MR) is 67.6 cm³/mol. The van der Waals surface area contributed by atoms with Crippen LogP contribution in [0.2, 0.25) is 0 Å². The van der Waals surface area contributed by atoms with Crippen LogP contribution in [0.4, 0.5) is 0 Å². The fourth-order valence-corrected chi connectivity index (χ4v) is 1.44. The van der Waals surface area contributed by atoms with Crippen LogP contribution >= 0.6 is 0 Å². The summed E-state index contributed by atoms with van der Waals surface area (Å²) in [6, 6.07) is 6.88. The Morgan fingerprint density at radius 1 is 1.28 bits per heavy atom. The summed E-state index contributed by atoms with van der Waals surface area (Å²) >= 11 is 0. The van der Waals surface area contributed by atoms with E-state index < -0.39 is 11.6 Å². The van der Waals surface area contributed by atoms with Crippen molar-refractivity contribution in [2.45, 2.75) is 39.2 Å². The second kappa shape index (κ2) is 5.67. The van der Waals surface area contributed by atoms with Crippen molar-refractivity contribution in [3.05, 3.63) is 35.4 Å². The minimum atomic E-state index is -0.849. The number of aryl methyl sites for hydroxylation is 1. The first-order valence-electron chi connectivity index (χ1n) is 5.82. The summed E-state index contributed by atoms with van der Waals surface area (Å²) < 4.78 is 5.25. The molecule has 1 rings (SSSR count). The van der Waals surface area contributed by atoms with Crippen molar-refractivity contribution in [2.24, 2.45) is 0 Å². The van der Waals surface area contributed by atoms with E-state index in [4.69, 9.17) is 9.84 Å². The molecule has 0 spiro atoms. The maximum absolute atomic E-state index is 11.8. The second-order valence-electron chi connectivity index (χ2n) is 5.10. The quantitative estimate of drug-likeness (QED) is 0.834. The van der Waals surface area contributed by atoms with Crippen LogP contribution in [-0.2, 0) is 16.0 Å². The predicted octanol–water partition coefficient (Wildman–Crippen LogP) is 2.66. The molecule has 1 N–H and O–H groups in total. The zero-order valence-electron chi connectivity index (χ0n) is 10.9. The lowest BCUT2D eigenvalue weighted by atomic mass is 10.1. The number of carbonyl (C=O) groups is 2. The SMILES string of the molecule is CC(C)(C)OC(=O)c1cccc(CCC(=O)O)c1. The monoisotopic (exact) mass is 250 g/mol. The van der Waals surface area contributed by atoms with E-state index in [1.54, 1.807) is 45.0 Å². The average molecular weight is 250 g/mol. The molecule has 0 aliphatic heterocycles. The highest BCUT2D eigenvalue weighted by molar-refractivity contribution is 5.89. The smallest absolute Gasteiger partial charge is 0.338 e. The van der Waals surface area contributed by atoms with Crippen molar-refractivity contribution >= 4 is 11.9 Å². The Morgan fingerprint density at radius 2 is 1.94 bits per heavy atom. The number of esters is 1. The first-order chi connectivity index (χ1) is 8.28. The summed E-state index contributed by atoms with van der Waals surface area (Å²) in [5.41, 5.74) is 0.738. The molecule has 18 heavy (non-hydrogen) atoms. The minimum Gasteiger partial charge on any atom is -0.481 e. The molecule has 98 valence electrons. The number of benzene rings is 1. The number of carboxylic acid groups (broad SMARTS) is 1. The number of hydrogen-bond donors (Lipinski definition) is 1. The van der Waals surface area contributed by atoms with Gasteiger partial charge in [-0.05, 0) is 44.9 Å². The van der Waals surface area contributed by atoms with Gasteiger partial charge in [0.1, 0.15) is 5.60 Å². The summed E-state index contributed by atoms with van der Waals surface area (Å²) in [4.78, 5) is 22.3. The van der Waals surface area contributed by atoms with E-state index in [2.05, 4.69) is 0 Å². The largest absolute Gasteiger partial charge is 0.481 e. The van der Waals surface area contributed by atoms with Gasteiger partial charge >= 0.3 is 11.9 Å². The molecule has 0 aromatic heterocycles. The van der Waals surface area contributed by atoms with Gasteiger partial charge in [-0.1, -0.05) is 12.1 Å². The molecule has 4 heteroatoms. The first-order valence-corrected chi connectivity index (χ1v) is 5.82. The van der Waals surface area contributed by atoms with Gasteiger partial charge in [0, 0.05) is 6.42 Å². The van der Waals surface area contributed by atoms with Crippen molar-refractivity contribution in [3.63, 3.8) is 0 Å². The Labute approximate surface area is 107 Å². The van der Waals surface area contributed by atoms with E-state index in [0.29, 0.717) is 12.0 Å². The lowest BCUT2D eigenvalue weighted by Crippen LogP contribution is -2.23. The molecule has 1 aromatic carbocycles. The number of aliphatic carboxylic acids is 1. The van der Waals surface area contributed by atoms with Crippen molar-refractivity contribution < 1.29 is 19.4 Å². The highest BCUT2D eigenvalue weighted by Gasteiger charge is 2.17. The third-order valence-corrected chi connectivity index (χ3v) is 2.19. The third-order valence-electron chi connectivity index (χ3n) is 2.19. The highest BCUT2D eigenvalue weighted by atomic mass is 16.6. The van der Waals surface area contributed by atoms with Crippen LogP contribution < -0.4 is 0 Å². The first kappa shape index (κ1) is 14.2. The lowest BCUT2D eigenvalue weighted by Gasteiger charge is -2.19. The Kier molecular flexibility index (Phi) is 4.48. The highest BCUT2D eigenvalue weighted by Crippen LogP contribution is 2.14. The van der Waals surface area contributed by atoms with E-state index >= 15 is 0 Å². The summed E-state index contributed by atoms with van der Waals surface area (Å²) in [5.74, 6) is -1.24. The number of carboxylic acids is 1. The molecular weight excluding hydrogens is 232 g/mol. The molecular formula is C14H18O4. The summed E-state index contributed by atoms with van der Waals surface area (Å²) in [6.07, 6.45) is 0.462. The van der Waals surface area contributed by atoms with Gasteiger partial charge in [0.25, 0.3) is 0 Å². The van der Waals surface area contributed by atoms with E-state index in [0.717, 1.165) is 5.56 Å². The van der Waals surface area contributed by atoms with Gasteiger partial charge in [0.15, 0.2) is 0 Å². The number of ether oxygens (including phenoxy) is 1. The van der Waals surface area contributed by atoms with Gasteiger partial charge in [0.2, 0.25) is 0 Å². The van der Waals surface area contributed by atoms with Crippen molar-refractivity contribution in [1.82, 2.24) is 0 Å². The van der Waals surface area contributed by atoms with Gasteiger partial charge in [0.05, 0.1) is 5.56 Å². The van der Waals surface area contributed by atoms with Crippen LogP contribution in [-0.4, -0.2) is 22.6 Å². The minimum absolute atomic E-state index is 0.0533. The van der Waals surface area contributed by atoms with E-state index in [9.17, 15) is 9.59 Å². The molecule has 0 amide bonds. The fraction of sp³-hybridized carbons (Fsp3) is 0.429. The van der Waals surface area contributed by atoms with Crippen LogP contribution in [0.3, 0.4) is 0 Å². The molecule has 0 bridgehead atoms. The fourth-order valence-electron chi connectivity index (χ4n) is 1.44. The summed E-state index contributed by atoms with van der Waals surface area (Å²) in [6.45, 7) is 5.41. The van der Waals surface area contributed by atoms with Gasteiger partial charge in [-0.2, -0.15) is 0 Å². The van der Waals surface area contributed by atoms with E-state index in [1.807, 2.05) is 0 Å². The molecule has 0 saturated carbocycles. The zero-order chi connectivity index (χ0) is 13.8. The van der Waals surface area contributed by atoms with Crippen molar-refractivity contribution in [3.8, 4) is 0 Å². The normalized spacial score (nSPS) is 11.1. The molecule has 0 atom stereocenters. The molecule has 0 radical (unpaired) electrons. The van der Waals surface area contributed by atoms with E-state index in [-0.39, 0.29) is 12.4 Å². The molecule has 0 aliphatic carbocycles. The van der Waals surface area contributed by atoms with Gasteiger partial charge in [-0.3, -0.25) is 4.79 Å². The molecule has 4 nitrogen and oxygen atoms in total. The molecule has 1 aromatic rings. The second-order valence-corrected chi connectivity index (χ2v) is 5.10. The third kappa shape index (κ3) is 4.99. The summed E-state index contributed by atoms with van der Waals surface area (Å²) in [7, 11) is 0. The maximum Gasteiger partial charge on any atom is 0.338 e. The summed E-state index contributed by atoms with van der Waals surface area (Å²) in [5, 5.41) is 8.61. The molecule has 0 saturated heterocycles. The van der Waals surface area contributed by atoms with E-state index in [1.165, 1.54) is 0 Å². The Bertz CT molecular complexity index is 443. The lowest BCUT2D eigenvalue weighted by molar-refractivity contribution is -0.136. The Balaban J connectivity index is 2.75. The average Bonchev–Trinajstić information content (AvgIpc) is 2.24. The van der Waals surface area contributed by atoms with Crippen LogP contribution in [0, 0.1) is 0 Å². The maximum atomic E-state index is 11.8. The Morgan fingerprint density at radius 3 is 2.50 bits per heavy atom. The molecule has 0 heterocycles. The topological polar surface area (TPSA) is 63.6 Å². The number of carbonyl (C=O) groups excluding carboxylic acids is 1. The van der Waals surface area contributed by atoms with Gasteiger partial charge in [-0.25, -0.2) is 4.79 Å². The van der Waals surface area contributed by atoms with Crippen LogP contribution in [0.5, 0.6) is 0 Å². The zero-order valence-corrected chi connectivity index (χ0v) is 10.9. The van der Waals surface area contributed by atoms with Crippen molar-refractivity contribution in [1.29, 1.82) is 0 Å². The van der Waals surface area contributed by atoms with Crippen LogP contribution in [0.15, 0.2) is 24.3 Å². The van der Waals surface area contributed by atoms with Crippen LogP contribution in [0.1, 0.15) is 43.1 Å².